The SMILES string of the molecule is Cc1ccc(C)c(N2C(=O)C(c3cccs3)=C(N3CCN(C)CC3)C2=O)c1. The van der Waals surface area contributed by atoms with Gasteiger partial charge in [-0.05, 0) is 49.5 Å². The summed E-state index contributed by atoms with van der Waals surface area (Å²) in [7, 11) is 2.08. The van der Waals surface area contributed by atoms with Crippen LogP contribution in [0.2, 0.25) is 0 Å². The second-order valence-electron chi connectivity index (χ2n) is 7.23. The number of nitrogens with zero attached hydrogens (tertiary/aromatic N) is 3. The molecule has 6 heteroatoms. The number of anilines is 1. The Morgan fingerprint density at radius 1 is 0.963 bits per heavy atom. The van der Waals surface area contributed by atoms with E-state index in [0.717, 1.165) is 42.2 Å². The fourth-order valence-corrected chi connectivity index (χ4v) is 4.43. The zero-order valence-electron chi connectivity index (χ0n) is 15.9. The number of carbonyl (C=O) groups is 2. The van der Waals surface area contributed by atoms with Crippen molar-refractivity contribution in [2.45, 2.75) is 13.8 Å². The smallest absolute Gasteiger partial charge is 0.282 e. The van der Waals surface area contributed by atoms with Gasteiger partial charge in [-0.3, -0.25) is 9.59 Å². The number of imide groups is 1. The number of amides is 2. The summed E-state index contributed by atoms with van der Waals surface area (Å²) >= 11 is 1.50. The average molecular weight is 382 g/mol. The maximum atomic E-state index is 13.5. The Balaban J connectivity index is 1.81. The molecule has 140 valence electrons. The Labute approximate surface area is 163 Å². The van der Waals surface area contributed by atoms with Crippen molar-refractivity contribution in [3.05, 3.63) is 57.4 Å². The van der Waals surface area contributed by atoms with Crippen LogP contribution in [0.5, 0.6) is 0 Å². The number of carbonyl (C=O) groups excluding carboxylic acids is 2. The first kappa shape index (κ1) is 17.9. The van der Waals surface area contributed by atoms with Crippen molar-refractivity contribution in [3.8, 4) is 0 Å². The monoisotopic (exact) mass is 381 g/mol. The van der Waals surface area contributed by atoms with Gasteiger partial charge in [-0.1, -0.05) is 18.2 Å². The van der Waals surface area contributed by atoms with Crippen LogP contribution in [0.3, 0.4) is 0 Å². The largest absolute Gasteiger partial charge is 0.364 e. The predicted molar refractivity (Wildman–Crippen MR) is 109 cm³/mol. The minimum Gasteiger partial charge on any atom is -0.364 e. The topological polar surface area (TPSA) is 43.9 Å². The number of benzene rings is 1. The molecule has 3 heterocycles. The standard InChI is InChI=1S/C21H23N3O2S/c1-14-6-7-15(2)16(13-14)24-20(25)18(17-5-4-12-27-17)19(21(24)26)23-10-8-22(3)9-11-23/h4-7,12-13H,8-11H2,1-3H3. The molecule has 0 atom stereocenters. The molecule has 0 saturated carbocycles. The highest BCUT2D eigenvalue weighted by molar-refractivity contribution is 7.11. The maximum Gasteiger partial charge on any atom is 0.282 e. The second-order valence-corrected chi connectivity index (χ2v) is 8.17. The van der Waals surface area contributed by atoms with E-state index in [-0.39, 0.29) is 11.8 Å². The molecule has 0 radical (unpaired) electrons. The highest BCUT2D eigenvalue weighted by Crippen LogP contribution is 2.38. The molecule has 0 unspecified atom stereocenters. The fraction of sp³-hybridized carbons (Fsp3) is 0.333. The van der Waals surface area contributed by atoms with Crippen LogP contribution in [-0.2, 0) is 9.59 Å². The minimum atomic E-state index is -0.218. The van der Waals surface area contributed by atoms with Crippen molar-refractivity contribution in [3.63, 3.8) is 0 Å². The van der Waals surface area contributed by atoms with E-state index >= 15 is 0 Å². The van der Waals surface area contributed by atoms with Gasteiger partial charge in [0.2, 0.25) is 0 Å². The molecule has 2 amide bonds. The molecule has 1 fully saturated rings. The summed E-state index contributed by atoms with van der Waals surface area (Å²) in [5.41, 5.74) is 3.73. The summed E-state index contributed by atoms with van der Waals surface area (Å²) in [6.07, 6.45) is 0. The summed E-state index contributed by atoms with van der Waals surface area (Å²) in [6.45, 7) is 7.18. The molecule has 27 heavy (non-hydrogen) atoms. The summed E-state index contributed by atoms with van der Waals surface area (Å²) in [4.78, 5) is 33.4. The lowest BCUT2D eigenvalue weighted by molar-refractivity contribution is -0.120. The molecule has 0 bridgehead atoms. The number of rotatable bonds is 3. The fourth-order valence-electron chi connectivity index (χ4n) is 3.66. The molecular formula is C21H23N3O2S. The summed E-state index contributed by atoms with van der Waals surface area (Å²) in [6, 6.07) is 9.73. The van der Waals surface area contributed by atoms with E-state index < -0.39 is 0 Å². The normalized spacial score (nSPS) is 18.8. The van der Waals surface area contributed by atoms with Crippen LogP contribution in [-0.4, -0.2) is 54.8 Å². The maximum absolute atomic E-state index is 13.5. The Bertz CT molecular complexity index is 925. The van der Waals surface area contributed by atoms with Gasteiger partial charge in [0.1, 0.15) is 5.70 Å². The molecule has 1 saturated heterocycles. The van der Waals surface area contributed by atoms with E-state index in [1.165, 1.54) is 16.2 Å². The molecule has 2 aliphatic heterocycles. The molecule has 2 aromatic rings. The Hall–Kier alpha value is -2.44. The lowest BCUT2D eigenvalue weighted by atomic mass is 10.1. The van der Waals surface area contributed by atoms with Crippen molar-refractivity contribution < 1.29 is 9.59 Å². The Kier molecular flexibility index (Phi) is 4.61. The highest BCUT2D eigenvalue weighted by Gasteiger charge is 2.43. The van der Waals surface area contributed by atoms with Crippen LogP contribution in [0.25, 0.3) is 5.57 Å². The molecule has 1 aromatic carbocycles. The number of likely N-dealkylation sites (N-methyl/N-ethyl adjacent to an activating group) is 1. The molecule has 0 N–H and O–H groups in total. The Morgan fingerprint density at radius 3 is 2.37 bits per heavy atom. The third kappa shape index (κ3) is 3.09. The van der Waals surface area contributed by atoms with Gasteiger partial charge in [-0.25, -0.2) is 4.90 Å². The van der Waals surface area contributed by atoms with Crippen molar-refractivity contribution in [1.82, 2.24) is 9.80 Å². The number of thiophene rings is 1. The van der Waals surface area contributed by atoms with Crippen molar-refractivity contribution >= 4 is 34.4 Å². The second kappa shape index (κ2) is 6.94. The third-order valence-corrected chi connectivity index (χ3v) is 6.14. The minimum absolute atomic E-state index is 0.207. The van der Waals surface area contributed by atoms with Gasteiger partial charge in [-0.15, -0.1) is 11.3 Å². The van der Waals surface area contributed by atoms with Crippen LogP contribution in [0.4, 0.5) is 5.69 Å². The zero-order chi connectivity index (χ0) is 19.1. The number of aryl methyl sites for hydroxylation is 2. The van der Waals surface area contributed by atoms with E-state index in [1.807, 2.05) is 49.6 Å². The van der Waals surface area contributed by atoms with Gasteiger partial charge in [0.05, 0.1) is 11.3 Å². The van der Waals surface area contributed by atoms with Gasteiger partial charge in [0.15, 0.2) is 0 Å². The van der Waals surface area contributed by atoms with Gasteiger partial charge in [0, 0.05) is 31.1 Å². The number of hydrogen-bond acceptors (Lipinski definition) is 5. The molecule has 2 aliphatic rings. The molecular weight excluding hydrogens is 358 g/mol. The molecule has 4 rings (SSSR count). The van der Waals surface area contributed by atoms with Crippen LogP contribution in [0, 0.1) is 13.8 Å². The summed E-state index contributed by atoms with van der Waals surface area (Å²) in [5, 5.41) is 1.95. The third-order valence-electron chi connectivity index (χ3n) is 5.25. The zero-order valence-corrected chi connectivity index (χ0v) is 16.7. The molecule has 5 nitrogen and oxygen atoms in total. The van der Waals surface area contributed by atoms with Crippen LogP contribution < -0.4 is 4.90 Å². The molecule has 0 aliphatic carbocycles. The van der Waals surface area contributed by atoms with Gasteiger partial charge >= 0.3 is 0 Å². The van der Waals surface area contributed by atoms with E-state index in [9.17, 15) is 9.59 Å². The number of hydrogen-bond donors (Lipinski definition) is 0. The molecule has 0 spiro atoms. The van der Waals surface area contributed by atoms with Crippen molar-refractivity contribution in [2.75, 3.05) is 38.1 Å². The van der Waals surface area contributed by atoms with Gasteiger partial charge < -0.3 is 9.80 Å². The van der Waals surface area contributed by atoms with Crippen LogP contribution >= 0.6 is 11.3 Å². The summed E-state index contributed by atoms with van der Waals surface area (Å²) < 4.78 is 0. The quantitative estimate of drug-likeness (QED) is 0.767. The average Bonchev–Trinajstić information content (AvgIpc) is 3.25. The first-order valence-electron chi connectivity index (χ1n) is 9.15. The van der Waals surface area contributed by atoms with Crippen LogP contribution in [0.15, 0.2) is 41.4 Å². The van der Waals surface area contributed by atoms with Crippen LogP contribution in [0.1, 0.15) is 16.0 Å². The lowest BCUT2D eigenvalue weighted by Gasteiger charge is -2.34. The molecule has 1 aromatic heterocycles. The van der Waals surface area contributed by atoms with E-state index in [0.29, 0.717) is 17.0 Å². The first-order chi connectivity index (χ1) is 13.0. The van der Waals surface area contributed by atoms with E-state index in [1.54, 1.807) is 0 Å². The highest BCUT2D eigenvalue weighted by atomic mass is 32.1. The van der Waals surface area contributed by atoms with Crippen molar-refractivity contribution in [2.24, 2.45) is 0 Å². The number of piperazine rings is 1. The Morgan fingerprint density at radius 2 is 1.70 bits per heavy atom. The lowest BCUT2D eigenvalue weighted by Crippen LogP contribution is -2.46. The van der Waals surface area contributed by atoms with E-state index in [4.69, 9.17) is 0 Å². The van der Waals surface area contributed by atoms with E-state index in [2.05, 4.69) is 16.8 Å². The summed E-state index contributed by atoms with van der Waals surface area (Å²) in [5.74, 6) is -0.424. The predicted octanol–water partition coefficient (Wildman–Crippen LogP) is 2.90. The van der Waals surface area contributed by atoms with Gasteiger partial charge in [0.25, 0.3) is 11.8 Å². The first-order valence-corrected chi connectivity index (χ1v) is 10.0. The van der Waals surface area contributed by atoms with Gasteiger partial charge in [-0.2, -0.15) is 0 Å². The van der Waals surface area contributed by atoms with Crippen molar-refractivity contribution in [1.29, 1.82) is 0 Å².